The Kier molecular flexibility index (Phi) is 4.41. The molecule has 0 amide bonds. The van der Waals surface area contributed by atoms with E-state index in [1.54, 1.807) is 6.07 Å². The smallest absolute Gasteiger partial charge is 0.142 e. The second-order valence-electron chi connectivity index (χ2n) is 4.93. The first-order valence-electron chi connectivity index (χ1n) is 6.34. The van der Waals surface area contributed by atoms with Crippen molar-refractivity contribution in [3.8, 4) is 0 Å². The standard InChI is InChI=1S/C14H19ClFN/c1-10(11-5-2-3-6-11)17-9-12-7-4-8-13(16)14(12)15/h4,7-8,10-11,17H,2-3,5-6,9H2,1H3. The number of benzene rings is 1. The zero-order chi connectivity index (χ0) is 12.3. The molecule has 1 saturated carbocycles. The van der Waals surface area contributed by atoms with Crippen LogP contribution < -0.4 is 5.32 Å². The van der Waals surface area contributed by atoms with Crippen molar-refractivity contribution in [1.29, 1.82) is 0 Å². The topological polar surface area (TPSA) is 12.0 Å². The maximum Gasteiger partial charge on any atom is 0.142 e. The van der Waals surface area contributed by atoms with E-state index in [0.717, 1.165) is 11.5 Å². The molecule has 0 bridgehead atoms. The molecule has 1 aromatic rings. The highest BCUT2D eigenvalue weighted by Crippen LogP contribution is 2.28. The summed E-state index contributed by atoms with van der Waals surface area (Å²) in [4.78, 5) is 0. The number of rotatable bonds is 4. The lowest BCUT2D eigenvalue weighted by Crippen LogP contribution is -2.31. The second-order valence-corrected chi connectivity index (χ2v) is 5.31. The Hall–Kier alpha value is -0.600. The molecule has 1 aromatic carbocycles. The van der Waals surface area contributed by atoms with E-state index in [0.29, 0.717) is 12.6 Å². The lowest BCUT2D eigenvalue weighted by molar-refractivity contribution is 0.380. The fraction of sp³-hybridized carbons (Fsp3) is 0.571. The van der Waals surface area contributed by atoms with E-state index >= 15 is 0 Å². The fourth-order valence-electron chi connectivity index (χ4n) is 2.58. The highest BCUT2D eigenvalue weighted by Gasteiger charge is 2.21. The van der Waals surface area contributed by atoms with Crippen molar-refractivity contribution in [3.63, 3.8) is 0 Å². The molecule has 0 heterocycles. The number of nitrogens with one attached hydrogen (secondary N) is 1. The Balaban J connectivity index is 1.90. The van der Waals surface area contributed by atoms with Crippen molar-refractivity contribution < 1.29 is 4.39 Å². The van der Waals surface area contributed by atoms with E-state index in [1.807, 2.05) is 6.07 Å². The van der Waals surface area contributed by atoms with E-state index in [2.05, 4.69) is 12.2 Å². The van der Waals surface area contributed by atoms with Gasteiger partial charge in [0.25, 0.3) is 0 Å². The predicted molar refractivity (Wildman–Crippen MR) is 69.7 cm³/mol. The lowest BCUT2D eigenvalue weighted by Gasteiger charge is -2.20. The zero-order valence-corrected chi connectivity index (χ0v) is 10.9. The molecule has 3 heteroatoms. The quantitative estimate of drug-likeness (QED) is 0.852. The summed E-state index contributed by atoms with van der Waals surface area (Å²) in [6.07, 6.45) is 5.31. The third-order valence-corrected chi connectivity index (χ3v) is 4.18. The summed E-state index contributed by atoms with van der Waals surface area (Å²) in [5, 5.41) is 3.71. The summed E-state index contributed by atoms with van der Waals surface area (Å²) in [5.41, 5.74) is 0.844. The van der Waals surface area contributed by atoms with Crippen LogP contribution in [0.2, 0.25) is 5.02 Å². The van der Waals surface area contributed by atoms with Crippen molar-refractivity contribution in [3.05, 3.63) is 34.6 Å². The van der Waals surface area contributed by atoms with Gasteiger partial charge in [0.1, 0.15) is 5.82 Å². The lowest BCUT2D eigenvalue weighted by atomic mass is 9.99. The monoisotopic (exact) mass is 255 g/mol. The molecule has 0 aliphatic heterocycles. The maximum absolute atomic E-state index is 13.2. The Bertz CT molecular complexity index is 374. The average Bonchev–Trinajstić information content (AvgIpc) is 2.84. The molecule has 1 aliphatic rings. The summed E-state index contributed by atoms with van der Waals surface area (Å²) in [5.74, 6) is 0.432. The molecular formula is C14H19ClFN. The van der Waals surface area contributed by atoms with Gasteiger partial charge >= 0.3 is 0 Å². The number of hydrogen-bond donors (Lipinski definition) is 1. The molecule has 0 radical (unpaired) electrons. The Morgan fingerprint density at radius 2 is 2.12 bits per heavy atom. The Labute approximate surface area is 107 Å². The second kappa shape index (κ2) is 5.83. The third-order valence-electron chi connectivity index (χ3n) is 3.75. The number of halogens is 2. The minimum Gasteiger partial charge on any atom is -0.310 e. The molecule has 17 heavy (non-hydrogen) atoms. The minimum absolute atomic E-state index is 0.249. The molecule has 2 rings (SSSR count). The SMILES string of the molecule is CC(NCc1cccc(F)c1Cl)C1CCCC1. The highest BCUT2D eigenvalue weighted by atomic mass is 35.5. The van der Waals surface area contributed by atoms with Crippen LogP contribution in [0.25, 0.3) is 0 Å². The van der Waals surface area contributed by atoms with Crippen molar-refractivity contribution in [1.82, 2.24) is 5.32 Å². The van der Waals surface area contributed by atoms with Gasteiger partial charge in [0.05, 0.1) is 5.02 Å². The first-order chi connectivity index (χ1) is 8.18. The first kappa shape index (κ1) is 12.8. The number of hydrogen-bond acceptors (Lipinski definition) is 1. The molecule has 0 saturated heterocycles. The van der Waals surface area contributed by atoms with Gasteiger partial charge in [-0.05, 0) is 37.3 Å². The fourth-order valence-corrected chi connectivity index (χ4v) is 2.77. The van der Waals surface area contributed by atoms with Crippen LogP contribution in [0.4, 0.5) is 4.39 Å². The van der Waals surface area contributed by atoms with Gasteiger partial charge in [-0.1, -0.05) is 36.6 Å². The first-order valence-corrected chi connectivity index (χ1v) is 6.72. The molecule has 1 fully saturated rings. The highest BCUT2D eigenvalue weighted by molar-refractivity contribution is 6.31. The average molecular weight is 256 g/mol. The molecule has 0 spiro atoms. The van der Waals surface area contributed by atoms with Crippen LogP contribution in [0.15, 0.2) is 18.2 Å². The third kappa shape index (κ3) is 3.20. The molecular weight excluding hydrogens is 237 g/mol. The van der Waals surface area contributed by atoms with E-state index in [-0.39, 0.29) is 10.8 Å². The van der Waals surface area contributed by atoms with Gasteiger partial charge in [-0.2, -0.15) is 0 Å². The summed E-state index contributed by atoms with van der Waals surface area (Å²) in [7, 11) is 0. The van der Waals surface area contributed by atoms with Crippen LogP contribution in [-0.4, -0.2) is 6.04 Å². The molecule has 1 nitrogen and oxygen atoms in total. The molecule has 94 valence electrons. The van der Waals surface area contributed by atoms with Crippen LogP contribution in [0.1, 0.15) is 38.2 Å². The van der Waals surface area contributed by atoms with Gasteiger partial charge in [-0.3, -0.25) is 0 Å². The van der Waals surface area contributed by atoms with Crippen LogP contribution in [0, 0.1) is 11.7 Å². The molecule has 1 unspecified atom stereocenters. The Morgan fingerprint density at radius 3 is 2.82 bits per heavy atom. The minimum atomic E-state index is -0.334. The van der Waals surface area contributed by atoms with E-state index in [9.17, 15) is 4.39 Å². The summed E-state index contributed by atoms with van der Waals surface area (Å²) in [6.45, 7) is 2.86. The van der Waals surface area contributed by atoms with Crippen molar-refractivity contribution >= 4 is 11.6 Å². The van der Waals surface area contributed by atoms with E-state index in [1.165, 1.54) is 31.7 Å². The van der Waals surface area contributed by atoms with Gasteiger partial charge in [0.15, 0.2) is 0 Å². The Morgan fingerprint density at radius 1 is 1.41 bits per heavy atom. The summed E-state index contributed by atoms with van der Waals surface area (Å²) < 4.78 is 13.2. The maximum atomic E-state index is 13.2. The van der Waals surface area contributed by atoms with Gasteiger partial charge in [0, 0.05) is 12.6 Å². The summed E-state index contributed by atoms with van der Waals surface area (Å²) in [6, 6.07) is 5.46. The van der Waals surface area contributed by atoms with Gasteiger partial charge in [0.2, 0.25) is 0 Å². The summed E-state index contributed by atoms with van der Waals surface area (Å²) >= 11 is 5.92. The molecule has 1 N–H and O–H groups in total. The van der Waals surface area contributed by atoms with Crippen LogP contribution >= 0.6 is 11.6 Å². The van der Waals surface area contributed by atoms with Crippen molar-refractivity contribution in [2.75, 3.05) is 0 Å². The van der Waals surface area contributed by atoms with Gasteiger partial charge in [-0.15, -0.1) is 0 Å². The van der Waals surface area contributed by atoms with Crippen LogP contribution in [0.5, 0.6) is 0 Å². The molecule has 0 aromatic heterocycles. The van der Waals surface area contributed by atoms with Gasteiger partial charge < -0.3 is 5.32 Å². The van der Waals surface area contributed by atoms with Gasteiger partial charge in [-0.25, -0.2) is 4.39 Å². The normalized spacial score (nSPS) is 18.5. The molecule has 1 atom stereocenters. The van der Waals surface area contributed by atoms with E-state index < -0.39 is 0 Å². The van der Waals surface area contributed by atoms with E-state index in [4.69, 9.17) is 11.6 Å². The largest absolute Gasteiger partial charge is 0.310 e. The van der Waals surface area contributed by atoms with Crippen molar-refractivity contribution in [2.45, 2.75) is 45.2 Å². The van der Waals surface area contributed by atoms with Crippen LogP contribution in [0.3, 0.4) is 0 Å². The van der Waals surface area contributed by atoms with Crippen molar-refractivity contribution in [2.24, 2.45) is 5.92 Å². The predicted octanol–water partition coefficient (Wildman–Crippen LogP) is 4.15. The zero-order valence-electron chi connectivity index (χ0n) is 10.2. The molecule has 1 aliphatic carbocycles. The van der Waals surface area contributed by atoms with Crippen LogP contribution in [-0.2, 0) is 6.54 Å².